The van der Waals surface area contributed by atoms with E-state index in [1.54, 1.807) is 0 Å². The first-order chi connectivity index (χ1) is 7.44. The maximum atomic E-state index is 10.8. The van der Waals surface area contributed by atoms with Gasteiger partial charge in [-0.3, -0.25) is 4.79 Å². The van der Waals surface area contributed by atoms with Crippen LogP contribution >= 0.6 is 15.9 Å². The summed E-state index contributed by atoms with van der Waals surface area (Å²) in [4.78, 5) is 10.8. The Morgan fingerprint density at radius 1 is 1.50 bits per heavy atom. The van der Waals surface area contributed by atoms with Gasteiger partial charge < -0.3 is 10.2 Å². The molecule has 1 saturated carbocycles. The van der Waals surface area contributed by atoms with Gasteiger partial charge in [-0.15, -0.1) is 0 Å². The van der Waals surface area contributed by atoms with Crippen molar-refractivity contribution in [2.45, 2.75) is 31.6 Å². The Labute approximate surface area is 102 Å². The third kappa shape index (κ3) is 1.94. The number of aromatic hydroxyl groups is 1. The number of carboxylic acids is 1. The molecular weight excluding hydrogens is 272 g/mol. The van der Waals surface area contributed by atoms with E-state index >= 15 is 0 Å². The van der Waals surface area contributed by atoms with E-state index in [2.05, 4.69) is 15.9 Å². The van der Waals surface area contributed by atoms with Gasteiger partial charge in [0, 0.05) is 5.41 Å². The summed E-state index contributed by atoms with van der Waals surface area (Å²) in [5, 5.41) is 18.5. The highest BCUT2D eigenvalue weighted by Crippen LogP contribution is 2.52. The summed E-state index contributed by atoms with van der Waals surface area (Å²) in [6.07, 6.45) is 2.00. The average molecular weight is 285 g/mol. The summed E-state index contributed by atoms with van der Waals surface area (Å²) in [5.74, 6) is -0.533. The van der Waals surface area contributed by atoms with Gasteiger partial charge in [-0.05, 0) is 52.9 Å². The molecule has 1 aromatic rings. The molecule has 1 aromatic carbocycles. The fraction of sp³-hybridized carbons (Fsp3) is 0.417. The van der Waals surface area contributed by atoms with Crippen molar-refractivity contribution < 1.29 is 15.0 Å². The summed E-state index contributed by atoms with van der Waals surface area (Å²) in [5.41, 5.74) is 1.59. The van der Waals surface area contributed by atoms with Gasteiger partial charge in [0.15, 0.2) is 0 Å². The molecular formula is C12H13BrO3. The van der Waals surface area contributed by atoms with E-state index in [9.17, 15) is 9.90 Å². The molecule has 0 saturated heterocycles. The Hall–Kier alpha value is -1.03. The lowest BCUT2D eigenvalue weighted by atomic mass is 9.91. The summed E-state index contributed by atoms with van der Waals surface area (Å²) in [6.45, 7) is 1.82. The third-order valence-electron chi connectivity index (χ3n) is 3.21. The van der Waals surface area contributed by atoms with Crippen LogP contribution in [0.4, 0.5) is 0 Å². The van der Waals surface area contributed by atoms with E-state index in [1.165, 1.54) is 0 Å². The van der Waals surface area contributed by atoms with Crippen molar-refractivity contribution in [2.24, 2.45) is 0 Å². The molecule has 2 N–H and O–H groups in total. The van der Waals surface area contributed by atoms with Gasteiger partial charge in [-0.25, -0.2) is 0 Å². The number of aliphatic carboxylic acids is 1. The zero-order valence-corrected chi connectivity index (χ0v) is 10.5. The molecule has 0 aromatic heterocycles. The van der Waals surface area contributed by atoms with Crippen LogP contribution in [-0.4, -0.2) is 16.2 Å². The van der Waals surface area contributed by atoms with Crippen molar-refractivity contribution in [3.05, 3.63) is 27.7 Å². The standard InChI is InChI=1S/C12H13BrO3/c1-7-4-8(5-9(13)11(7)16)12(2-3-12)6-10(14)15/h4-5,16H,2-3,6H2,1H3,(H,14,15). The lowest BCUT2D eigenvalue weighted by Gasteiger charge is -2.15. The molecule has 86 valence electrons. The van der Waals surface area contributed by atoms with E-state index in [-0.39, 0.29) is 17.6 Å². The van der Waals surface area contributed by atoms with Crippen molar-refractivity contribution in [1.29, 1.82) is 0 Å². The molecule has 0 bridgehead atoms. The number of phenols is 1. The van der Waals surface area contributed by atoms with Crippen LogP contribution in [0.5, 0.6) is 5.75 Å². The second kappa shape index (κ2) is 3.77. The zero-order valence-electron chi connectivity index (χ0n) is 8.96. The second-order valence-corrected chi connectivity index (χ2v) is 5.33. The lowest BCUT2D eigenvalue weighted by molar-refractivity contribution is -0.137. The van der Waals surface area contributed by atoms with Crippen LogP contribution in [0, 0.1) is 6.92 Å². The number of carbonyl (C=O) groups is 1. The highest BCUT2D eigenvalue weighted by Gasteiger charge is 2.46. The summed E-state index contributed by atoms with van der Waals surface area (Å²) < 4.78 is 0.638. The second-order valence-electron chi connectivity index (χ2n) is 4.47. The highest BCUT2D eigenvalue weighted by atomic mass is 79.9. The Kier molecular flexibility index (Phi) is 2.70. The SMILES string of the molecule is Cc1cc(C2(CC(=O)O)CC2)cc(Br)c1O. The topological polar surface area (TPSA) is 57.5 Å². The first-order valence-electron chi connectivity index (χ1n) is 5.16. The van der Waals surface area contributed by atoms with Crippen LogP contribution in [0.25, 0.3) is 0 Å². The molecule has 1 aliphatic carbocycles. The van der Waals surface area contributed by atoms with E-state index in [1.807, 2.05) is 19.1 Å². The number of hydrogen-bond acceptors (Lipinski definition) is 2. The van der Waals surface area contributed by atoms with Crippen LogP contribution in [0.3, 0.4) is 0 Å². The van der Waals surface area contributed by atoms with Crippen molar-refractivity contribution in [1.82, 2.24) is 0 Å². The molecule has 0 atom stereocenters. The van der Waals surface area contributed by atoms with Gasteiger partial charge in [-0.2, -0.15) is 0 Å². The van der Waals surface area contributed by atoms with E-state index in [0.717, 1.165) is 24.0 Å². The molecule has 1 fully saturated rings. The van der Waals surface area contributed by atoms with Crippen LogP contribution in [0.15, 0.2) is 16.6 Å². The first kappa shape index (κ1) is 11.5. The summed E-state index contributed by atoms with van der Waals surface area (Å²) >= 11 is 3.29. The maximum absolute atomic E-state index is 10.8. The van der Waals surface area contributed by atoms with Crippen LogP contribution in [0.2, 0.25) is 0 Å². The fourth-order valence-corrected chi connectivity index (χ4v) is 2.61. The molecule has 0 spiro atoms. The number of hydrogen-bond donors (Lipinski definition) is 2. The molecule has 0 aliphatic heterocycles. The van der Waals surface area contributed by atoms with Crippen LogP contribution in [-0.2, 0) is 10.2 Å². The predicted molar refractivity (Wildman–Crippen MR) is 63.7 cm³/mol. The quantitative estimate of drug-likeness (QED) is 0.897. The highest BCUT2D eigenvalue weighted by molar-refractivity contribution is 9.10. The number of rotatable bonds is 3. The fourth-order valence-electron chi connectivity index (χ4n) is 2.05. The summed E-state index contributed by atoms with van der Waals surface area (Å²) in [6, 6.07) is 3.72. The summed E-state index contributed by atoms with van der Waals surface area (Å²) in [7, 11) is 0. The Balaban J connectivity index is 2.38. The van der Waals surface area contributed by atoms with Crippen molar-refractivity contribution in [3.8, 4) is 5.75 Å². The van der Waals surface area contributed by atoms with E-state index in [0.29, 0.717) is 4.47 Å². The molecule has 0 unspecified atom stereocenters. The largest absolute Gasteiger partial charge is 0.506 e. The van der Waals surface area contributed by atoms with Gasteiger partial charge in [0.25, 0.3) is 0 Å². The number of aryl methyl sites for hydroxylation is 1. The number of halogens is 1. The molecule has 2 rings (SSSR count). The number of carboxylic acid groups (broad SMARTS) is 1. The van der Waals surface area contributed by atoms with Gasteiger partial charge in [0.05, 0.1) is 10.9 Å². The minimum Gasteiger partial charge on any atom is -0.506 e. The number of phenolic OH excluding ortho intramolecular Hbond substituents is 1. The maximum Gasteiger partial charge on any atom is 0.304 e. The molecule has 0 radical (unpaired) electrons. The smallest absolute Gasteiger partial charge is 0.304 e. The van der Waals surface area contributed by atoms with Crippen molar-refractivity contribution >= 4 is 21.9 Å². The molecule has 0 heterocycles. The van der Waals surface area contributed by atoms with E-state index < -0.39 is 5.97 Å². The predicted octanol–water partition coefficient (Wildman–Crippen LogP) is 2.97. The normalized spacial score (nSPS) is 17.1. The minimum absolute atomic E-state index is 0.170. The minimum atomic E-state index is -0.764. The molecule has 4 heteroatoms. The average Bonchev–Trinajstić information content (AvgIpc) is 2.93. The van der Waals surface area contributed by atoms with Gasteiger partial charge in [0.2, 0.25) is 0 Å². The van der Waals surface area contributed by atoms with Crippen molar-refractivity contribution in [3.63, 3.8) is 0 Å². The monoisotopic (exact) mass is 284 g/mol. The van der Waals surface area contributed by atoms with Gasteiger partial charge in [-0.1, -0.05) is 6.07 Å². The number of benzene rings is 1. The van der Waals surface area contributed by atoms with Crippen LogP contribution in [0.1, 0.15) is 30.4 Å². The molecule has 0 amide bonds. The molecule has 16 heavy (non-hydrogen) atoms. The molecule has 1 aliphatic rings. The van der Waals surface area contributed by atoms with Crippen molar-refractivity contribution in [2.75, 3.05) is 0 Å². The Morgan fingerprint density at radius 2 is 2.12 bits per heavy atom. The molecule has 3 nitrogen and oxygen atoms in total. The lowest BCUT2D eigenvalue weighted by Crippen LogP contribution is -2.13. The third-order valence-corrected chi connectivity index (χ3v) is 3.81. The van der Waals surface area contributed by atoms with Crippen LogP contribution < -0.4 is 0 Å². The Morgan fingerprint density at radius 3 is 2.56 bits per heavy atom. The van der Waals surface area contributed by atoms with Gasteiger partial charge >= 0.3 is 5.97 Å². The zero-order chi connectivity index (χ0) is 11.9. The first-order valence-corrected chi connectivity index (χ1v) is 5.95. The van der Waals surface area contributed by atoms with Gasteiger partial charge in [0.1, 0.15) is 5.75 Å². The Bertz CT molecular complexity index is 427. The van der Waals surface area contributed by atoms with E-state index in [4.69, 9.17) is 5.11 Å².